The Labute approximate surface area is 257 Å². The fourth-order valence-corrected chi connectivity index (χ4v) is 4.53. The molecule has 0 saturated heterocycles. The lowest BCUT2D eigenvalue weighted by Crippen LogP contribution is -2.37. The maximum atomic E-state index is 13.8. The van der Waals surface area contributed by atoms with Crippen LogP contribution < -0.4 is 16.0 Å². The molecule has 6 rings (SSSR count). The van der Waals surface area contributed by atoms with Gasteiger partial charge in [-0.25, -0.2) is 13.8 Å². The van der Waals surface area contributed by atoms with Gasteiger partial charge in [-0.3, -0.25) is 19.4 Å². The summed E-state index contributed by atoms with van der Waals surface area (Å²) in [6.07, 6.45) is -0.956. The number of carbonyl (C=O) groups is 3. The van der Waals surface area contributed by atoms with Crippen LogP contribution in [0.4, 0.5) is 27.8 Å². The van der Waals surface area contributed by atoms with Crippen LogP contribution >= 0.6 is 11.6 Å². The van der Waals surface area contributed by atoms with Gasteiger partial charge in [0.1, 0.15) is 18.2 Å². The number of alkyl halides is 3. The van der Waals surface area contributed by atoms with Gasteiger partial charge in [0.05, 0.1) is 17.8 Å². The van der Waals surface area contributed by atoms with Crippen LogP contribution in [0.15, 0.2) is 60.8 Å². The molecule has 3 heterocycles. The Kier molecular flexibility index (Phi) is 9.14. The van der Waals surface area contributed by atoms with E-state index < -0.39 is 40.8 Å². The quantitative estimate of drug-likeness (QED) is 0.236. The first-order valence-electron chi connectivity index (χ1n) is 13.6. The summed E-state index contributed by atoms with van der Waals surface area (Å²) in [7, 11) is 0. The molecule has 4 aromatic rings. The maximum absolute atomic E-state index is 13.8. The molecule has 3 amide bonds. The van der Waals surface area contributed by atoms with Crippen molar-refractivity contribution >= 4 is 35.1 Å². The highest BCUT2D eigenvalue weighted by molar-refractivity contribution is 6.30. The van der Waals surface area contributed by atoms with Crippen molar-refractivity contribution < 1.29 is 36.3 Å². The Bertz CT molecular complexity index is 1720. The van der Waals surface area contributed by atoms with Crippen LogP contribution in [0.3, 0.4) is 0 Å². The van der Waals surface area contributed by atoms with E-state index in [2.05, 4.69) is 25.9 Å². The lowest BCUT2D eigenvalue weighted by Gasteiger charge is -2.18. The average molecular weight is 647 g/mol. The Hall–Kier alpha value is -4.85. The van der Waals surface area contributed by atoms with E-state index in [-0.39, 0.29) is 48.9 Å². The monoisotopic (exact) mass is 646 g/mol. The minimum atomic E-state index is -4.85. The lowest BCUT2D eigenvalue weighted by atomic mass is 10.1. The highest BCUT2D eigenvalue weighted by Crippen LogP contribution is 2.38. The third kappa shape index (κ3) is 8.01. The zero-order valence-corrected chi connectivity index (χ0v) is 24.0. The molecular weight excluding hydrogens is 623 g/mol. The number of nitrogens with one attached hydrogen (secondary N) is 3. The fraction of sp³-hybridized carbons (Fsp3) is 0.233. The average Bonchev–Trinajstić information content (AvgIpc) is 3.79. The van der Waals surface area contributed by atoms with Crippen molar-refractivity contribution in [3.63, 3.8) is 0 Å². The zero-order chi connectivity index (χ0) is 32.3. The molecule has 1 aliphatic carbocycles. The van der Waals surface area contributed by atoms with Crippen LogP contribution in [0.2, 0.25) is 5.02 Å². The molecule has 1 aliphatic heterocycles. The van der Waals surface area contributed by atoms with E-state index in [4.69, 9.17) is 11.6 Å². The van der Waals surface area contributed by atoms with Gasteiger partial charge in [0.25, 0.3) is 11.8 Å². The van der Waals surface area contributed by atoms with Crippen molar-refractivity contribution in [1.29, 1.82) is 0 Å². The number of hydrogen-bond donors (Lipinski definition) is 3. The molecule has 0 bridgehead atoms. The molecule has 234 valence electrons. The Morgan fingerprint density at radius 3 is 2.36 bits per heavy atom. The summed E-state index contributed by atoms with van der Waals surface area (Å²) >= 11 is 5.44. The molecular formula is C30H24ClF5N6O3. The smallest absolute Gasteiger partial charge is 0.349 e. The van der Waals surface area contributed by atoms with Gasteiger partial charge in [0, 0.05) is 34.9 Å². The zero-order valence-electron chi connectivity index (χ0n) is 23.2. The van der Waals surface area contributed by atoms with E-state index in [9.17, 15) is 36.3 Å². The predicted molar refractivity (Wildman–Crippen MR) is 152 cm³/mol. The van der Waals surface area contributed by atoms with Crippen molar-refractivity contribution in [2.24, 2.45) is 0 Å². The molecule has 0 radical (unpaired) electrons. The minimum absolute atomic E-state index is 0.0851. The molecule has 1 saturated carbocycles. The third-order valence-electron chi connectivity index (χ3n) is 6.85. The van der Waals surface area contributed by atoms with Crippen LogP contribution in [0, 0.1) is 11.6 Å². The van der Waals surface area contributed by atoms with Gasteiger partial charge in [-0.2, -0.15) is 13.2 Å². The van der Waals surface area contributed by atoms with E-state index in [1.165, 1.54) is 28.8 Å². The van der Waals surface area contributed by atoms with Crippen molar-refractivity contribution in [2.45, 2.75) is 44.6 Å². The van der Waals surface area contributed by atoms with E-state index in [0.29, 0.717) is 23.1 Å². The van der Waals surface area contributed by atoms with Gasteiger partial charge in [0.2, 0.25) is 11.7 Å². The number of rotatable bonds is 6. The largest absolute Gasteiger partial charge is 0.416 e. The number of carbonyl (C=O) groups excluding carboxylic acids is 3. The van der Waals surface area contributed by atoms with Crippen LogP contribution in [0.1, 0.15) is 62.3 Å². The number of hydrogen-bond acceptors (Lipinski definition) is 5. The first-order valence-corrected chi connectivity index (χ1v) is 13.9. The molecule has 2 aromatic heterocycles. The molecule has 45 heavy (non-hydrogen) atoms. The summed E-state index contributed by atoms with van der Waals surface area (Å²) in [5.41, 5.74) is 0.116. The van der Waals surface area contributed by atoms with Crippen LogP contribution in [0.25, 0.3) is 0 Å². The van der Waals surface area contributed by atoms with Gasteiger partial charge in [-0.05, 0) is 66.9 Å². The van der Waals surface area contributed by atoms with Crippen LogP contribution in [-0.2, 0) is 30.6 Å². The highest BCUT2D eigenvalue weighted by atomic mass is 35.5. The molecule has 2 aromatic carbocycles. The second-order valence-electron chi connectivity index (χ2n) is 10.3. The van der Waals surface area contributed by atoms with E-state index in [0.717, 1.165) is 24.1 Å². The number of imidazole rings is 1. The van der Waals surface area contributed by atoms with Gasteiger partial charge in [-0.1, -0.05) is 17.7 Å². The van der Waals surface area contributed by atoms with Crippen LogP contribution in [-0.4, -0.2) is 32.3 Å². The van der Waals surface area contributed by atoms with Crippen molar-refractivity contribution in [1.82, 2.24) is 25.2 Å². The second-order valence-corrected chi connectivity index (χ2v) is 10.7. The number of pyridine rings is 1. The van der Waals surface area contributed by atoms with Crippen molar-refractivity contribution in [3.05, 3.63) is 111 Å². The first-order chi connectivity index (χ1) is 21.4. The summed E-state index contributed by atoms with van der Waals surface area (Å²) in [5, 5.41) is 8.15. The summed E-state index contributed by atoms with van der Waals surface area (Å²) < 4.78 is 66.2. The van der Waals surface area contributed by atoms with Gasteiger partial charge >= 0.3 is 6.18 Å². The number of aromatic nitrogens is 3. The van der Waals surface area contributed by atoms with Gasteiger partial charge in [-0.15, -0.1) is 0 Å². The SMILES string of the molecule is Fc1ccc(Cl)cc1.O=C1Cn2c(C(=O)NCc3ccc(C4CC4)nc3)nc(NC(=O)c3cc(F)cc(C(F)(F)F)c3)c2CN1. The fourth-order valence-electron chi connectivity index (χ4n) is 4.41. The van der Waals surface area contributed by atoms with Crippen molar-refractivity contribution in [2.75, 3.05) is 5.32 Å². The number of benzene rings is 2. The standard InChI is InChI=1S/C24H20F4N6O3.C6H4ClF/c25-16-6-14(5-15(7-16)24(26,27)28)22(36)33-20-18-10-30-19(35)11-34(18)21(32-20)23(37)31-9-12-1-4-17(29-8-12)13-2-3-13;7-5-1-3-6(8)4-2-5/h1,4-8,13H,2-3,9-11H2,(H,30,35)(H,31,37)(H,33,36);1-4H. The Balaban J connectivity index is 0.000000436. The summed E-state index contributed by atoms with van der Waals surface area (Å²) in [6.45, 7) is -0.203. The van der Waals surface area contributed by atoms with E-state index in [1.807, 2.05) is 12.1 Å². The first kappa shape index (κ1) is 31.6. The Morgan fingerprint density at radius 2 is 1.73 bits per heavy atom. The molecule has 3 N–H and O–H groups in total. The number of amides is 3. The van der Waals surface area contributed by atoms with Crippen LogP contribution in [0.5, 0.6) is 0 Å². The second kappa shape index (κ2) is 13.0. The van der Waals surface area contributed by atoms with E-state index in [1.54, 1.807) is 6.20 Å². The molecule has 0 atom stereocenters. The molecule has 9 nitrogen and oxygen atoms in total. The minimum Gasteiger partial charge on any atom is -0.349 e. The number of fused-ring (bicyclic) bond motifs is 1. The summed E-state index contributed by atoms with van der Waals surface area (Å²) in [5.74, 6) is -3.39. The highest BCUT2D eigenvalue weighted by Gasteiger charge is 2.33. The number of anilines is 1. The van der Waals surface area contributed by atoms with Crippen molar-refractivity contribution in [3.8, 4) is 0 Å². The molecule has 0 spiro atoms. The predicted octanol–water partition coefficient (Wildman–Crippen LogP) is 5.60. The number of nitrogens with zero attached hydrogens (tertiary/aromatic N) is 3. The third-order valence-corrected chi connectivity index (χ3v) is 7.10. The van der Waals surface area contributed by atoms with Gasteiger partial charge in [0.15, 0.2) is 5.82 Å². The number of halogens is 6. The molecule has 15 heteroatoms. The lowest BCUT2D eigenvalue weighted by molar-refractivity contribution is -0.137. The molecule has 2 aliphatic rings. The van der Waals surface area contributed by atoms with Gasteiger partial charge < -0.3 is 20.5 Å². The van der Waals surface area contributed by atoms with E-state index >= 15 is 0 Å². The molecule has 1 fully saturated rings. The topological polar surface area (TPSA) is 118 Å². The Morgan fingerprint density at radius 1 is 1.00 bits per heavy atom. The normalized spacial score (nSPS) is 14.0. The summed E-state index contributed by atoms with van der Waals surface area (Å²) in [6, 6.07) is 10.9. The maximum Gasteiger partial charge on any atom is 0.416 e. The summed E-state index contributed by atoms with van der Waals surface area (Å²) in [4.78, 5) is 46.1. The molecule has 0 unspecified atom stereocenters.